The molecule has 2 aliphatic rings. The molecule has 0 spiro atoms. The van der Waals surface area contributed by atoms with E-state index in [0.29, 0.717) is 44.9 Å². The highest BCUT2D eigenvalue weighted by molar-refractivity contribution is 5.83. The SMILES string of the molecule is COCCN1CCC(CNC(=O)C2(Cc3cccc(-c4cccc(F)c4)c3)CCOCC2)C1. The number of rotatable bonds is 9. The highest BCUT2D eigenvalue weighted by Crippen LogP contribution is 2.36. The van der Waals surface area contributed by atoms with E-state index in [4.69, 9.17) is 9.47 Å². The number of halogens is 1. The van der Waals surface area contributed by atoms with Crippen molar-refractivity contribution in [1.29, 1.82) is 0 Å². The summed E-state index contributed by atoms with van der Waals surface area (Å²) in [4.78, 5) is 15.9. The molecule has 0 bridgehead atoms. The first-order valence-corrected chi connectivity index (χ1v) is 12.0. The molecule has 0 saturated carbocycles. The fourth-order valence-electron chi connectivity index (χ4n) is 5.09. The van der Waals surface area contributed by atoms with E-state index in [1.54, 1.807) is 19.2 Å². The fourth-order valence-corrected chi connectivity index (χ4v) is 5.09. The van der Waals surface area contributed by atoms with E-state index < -0.39 is 5.41 Å². The lowest BCUT2D eigenvalue weighted by Gasteiger charge is -2.36. The molecule has 0 aliphatic carbocycles. The van der Waals surface area contributed by atoms with Gasteiger partial charge in [-0.25, -0.2) is 4.39 Å². The molecule has 1 unspecified atom stereocenters. The Morgan fingerprint density at radius 2 is 1.94 bits per heavy atom. The molecule has 1 N–H and O–H groups in total. The molecule has 178 valence electrons. The molecule has 1 atom stereocenters. The molecule has 33 heavy (non-hydrogen) atoms. The molecule has 2 saturated heterocycles. The maximum Gasteiger partial charge on any atom is 0.226 e. The van der Waals surface area contributed by atoms with Gasteiger partial charge in [-0.3, -0.25) is 4.79 Å². The summed E-state index contributed by atoms with van der Waals surface area (Å²) >= 11 is 0. The van der Waals surface area contributed by atoms with Gasteiger partial charge in [0.1, 0.15) is 5.82 Å². The molecule has 4 rings (SSSR count). The van der Waals surface area contributed by atoms with Crippen LogP contribution >= 0.6 is 0 Å². The quantitative estimate of drug-likeness (QED) is 0.624. The van der Waals surface area contributed by atoms with Crippen molar-refractivity contribution in [3.8, 4) is 11.1 Å². The maximum absolute atomic E-state index is 13.7. The van der Waals surface area contributed by atoms with Crippen molar-refractivity contribution in [2.75, 3.05) is 53.1 Å². The van der Waals surface area contributed by atoms with Gasteiger partial charge in [-0.05, 0) is 67.0 Å². The normalized spacial score (nSPS) is 20.6. The van der Waals surface area contributed by atoms with Crippen molar-refractivity contribution in [3.05, 3.63) is 59.9 Å². The van der Waals surface area contributed by atoms with E-state index in [9.17, 15) is 9.18 Å². The minimum absolute atomic E-state index is 0.136. The Bertz CT molecular complexity index is 929. The van der Waals surface area contributed by atoms with Crippen molar-refractivity contribution < 1.29 is 18.7 Å². The smallest absolute Gasteiger partial charge is 0.226 e. The van der Waals surface area contributed by atoms with Crippen LogP contribution in [0.1, 0.15) is 24.8 Å². The van der Waals surface area contributed by atoms with Gasteiger partial charge in [-0.15, -0.1) is 0 Å². The minimum atomic E-state index is -0.465. The van der Waals surface area contributed by atoms with E-state index in [1.165, 1.54) is 6.07 Å². The first-order chi connectivity index (χ1) is 16.1. The second-order valence-corrected chi connectivity index (χ2v) is 9.44. The number of ether oxygens (including phenoxy) is 2. The summed E-state index contributed by atoms with van der Waals surface area (Å²) in [6.07, 6.45) is 3.20. The first-order valence-electron chi connectivity index (χ1n) is 12.0. The number of likely N-dealkylation sites (tertiary alicyclic amines) is 1. The molecule has 2 aromatic rings. The Kier molecular flexibility index (Phi) is 8.12. The van der Waals surface area contributed by atoms with Crippen LogP contribution in [0.5, 0.6) is 0 Å². The zero-order valence-electron chi connectivity index (χ0n) is 19.5. The molecule has 5 nitrogen and oxygen atoms in total. The van der Waals surface area contributed by atoms with Crippen LogP contribution in [0, 0.1) is 17.2 Å². The summed E-state index contributed by atoms with van der Waals surface area (Å²) < 4.78 is 24.5. The third-order valence-corrected chi connectivity index (χ3v) is 7.09. The number of nitrogens with zero attached hydrogens (tertiary/aromatic N) is 1. The van der Waals surface area contributed by atoms with Crippen LogP contribution in [0.4, 0.5) is 4.39 Å². The van der Waals surface area contributed by atoms with E-state index >= 15 is 0 Å². The number of hydrogen-bond acceptors (Lipinski definition) is 4. The summed E-state index contributed by atoms with van der Waals surface area (Å²) in [6.45, 7) is 5.69. The summed E-state index contributed by atoms with van der Waals surface area (Å²) in [6, 6.07) is 14.8. The molecule has 2 aliphatic heterocycles. The van der Waals surface area contributed by atoms with Gasteiger partial charge in [0, 0.05) is 40.0 Å². The van der Waals surface area contributed by atoms with E-state index in [0.717, 1.165) is 49.4 Å². The minimum Gasteiger partial charge on any atom is -0.383 e. The number of amides is 1. The molecule has 2 heterocycles. The van der Waals surface area contributed by atoms with Gasteiger partial charge in [0.05, 0.1) is 12.0 Å². The van der Waals surface area contributed by atoms with Gasteiger partial charge in [0.25, 0.3) is 0 Å². The van der Waals surface area contributed by atoms with Gasteiger partial charge in [0.2, 0.25) is 5.91 Å². The van der Waals surface area contributed by atoms with Crippen LogP contribution in [0.25, 0.3) is 11.1 Å². The fraction of sp³-hybridized carbons (Fsp3) is 0.519. The van der Waals surface area contributed by atoms with Crippen LogP contribution in [0.3, 0.4) is 0 Å². The van der Waals surface area contributed by atoms with Crippen molar-refractivity contribution in [3.63, 3.8) is 0 Å². The molecule has 6 heteroatoms. The Morgan fingerprint density at radius 1 is 1.18 bits per heavy atom. The van der Waals surface area contributed by atoms with Gasteiger partial charge in [-0.2, -0.15) is 0 Å². The predicted molar refractivity (Wildman–Crippen MR) is 127 cm³/mol. The summed E-state index contributed by atoms with van der Waals surface area (Å²) in [5.74, 6) is 0.377. The number of nitrogens with one attached hydrogen (secondary N) is 1. The van der Waals surface area contributed by atoms with Gasteiger partial charge < -0.3 is 19.7 Å². The Labute approximate surface area is 196 Å². The van der Waals surface area contributed by atoms with Gasteiger partial charge >= 0.3 is 0 Å². The monoisotopic (exact) mass is 454 g/mol. The average molecular weight is 455 g/mol. The van der Waals surface area contributed by atoms with E-state index in [2.05, 4.69) is 22.3 Å². The van der Waals surface area contributed by atoms with Crippen LogP contribution in [-0.4, -0.2) is 63.9 Å². The standard InChI is InChI=1S/C27H35FN2O3/c1-32-15-12-30-11-8-22(20-30)19-29-26(31)27(9-13-33-14-10-27)18-21-4-2-5-23(16-21)24-6-3-7-25(28)17-24/h2-7,16-17,22H,8-15,18-20H2,1H3,(H,29,31). The topological polar surface area (TPSA) is 50.8 Å². The third-order valence-electron chi connectivity index (χ3n) is 7.09. The number of methoxy groups -OCH3 is 1. The van der Waals surface area contributed by atoms with Gasteiger partial charge in [-0.1, -0.05) is 36.4 Å². The molecule has 2 aromatic carbocycles. The Morgan fingerprint density at radius 3 is 2.70 bits per heavy atom. The van der Waals surface area contributed by atoms with Crippen LogP contribution in [0.2, 0.25) is 0 Å². The third kappa shape index (κ3) is 6.19. The number of hydrogen-bond donors (Lipinski definition) is 1. The highest BCUT2D eigenvalue weighted by Gasteiger charge is 2.40. The number of carbonyl (C=O) groups excluding carboxylic acids is 1. The van der Waals surface area contributed by atoms with E-state index in [-0.39, 0.29) is 11.7 Å². The van der Waals surface area contributed by atoms with Crippen LogP contribution in [0.15, 0.2) is 48.5 Å². The van der Waals surface area contributed by atoms with Crippen LogP contribution in [-0.2, 0) is 20.7 Å². The summed E-state index contributed by atoms with van der Waals surface area (Å²) in [5.41, 5.74) is 2.45. The van der Waals surface area contributed by atoms with E-state index in [1.807, 2.05) is 18.2 Å². The molecular formula is C27H35FN2O3. The highest BCUT2D eigenvalue weighted by atomic mass is 19.1. The van der Waals surface area contributed by atoms with Crippen molar-refractivity contribution in [1.82, 2.24) is 10.2 Å². The lowest BCUT2D eigenvalue weighted by atomic mass is 9.74. The molecule has 1 amide bonds. The van der Waals surface area contributed by atoms with Crippen LogP contribution < -0.4 is 5.32 Å². The molecule has 0 radical (unpaired) electrons. The zero-order chi connectivity index (χ0) is 23.1. The summed E-state index contributed by atoms with van der Waals surface area (Å²) in [5, 5.41) is 3.28. The molecule has 0 aromatic heterocycles. The second kappa shape index (κ2) is 11.2. The Hall–Kier alpha value is -2.28. The second-order valence-electron chi connectivity index (χ2n) is 9.44. The maximum atomic E-state index is 13.7. The number of benzene rings is 2. The summed E-state index contributed by atoms with van der Waals surface area (Å²) in [7, 11) is 1.73. The van der Waals surface area contributed by atoms with Gasteiger partial charge in [0.15, 0.2) is 0 Å². The number of carbonyl (C=O) groups is 1. The zero-order valence-corrected chi connectivity index (χ0v) is 19.5. The predicted octanol–water partition coefficient (Wildman–Crippen LogP) is 3.92. The molecular weight excluding hydrogens is 419 g/mol. The first kappa shape index (κ1) is 23.9. The lowest BCUT2D eigenvalue weighted by Crippen LogP contribution is -2.47. The van der Waals surface area contributed by atoms with Crippen molar-refractivity contribution >= 4 is 5.91 Å². The van der Waals surface area contributed by atoms with Crippen molar-refractivity contribution in [2.24, 2.45) is 11.3 Å². The lowest BCUT2D eigenvalue weighted by molar-refractivity contribution is -0.136. The van der Waals surface area contributed by atoms with Crippen molar-refractivity contribution in [2.45, 2.75) is 25.7 Å². The Balaban J connectivity index is 1.42. The largest absolute Gasteiger partial charge is 0.383 e. The molecule has 2 fully saturated rings. The average Bonchev–Trinajstić information content (AvgIpc) is 3.30.